The Morgan fingerprint density at radius 3 is 2.79 bits per heavy atom. The van der Waals surface area contributed by atoms with Crippen LogP contribution in [0.15, 0.2) is 0 Å². The molecule has 0 aliphatic carbocycles. The second-order valence-corrected chi connectivity index (χ2v) is 2.79. The maximum atomic E-state index is 9.18. The van der Waals surface area contributed by atoms with Crippen LogP contribution in [-0.4, -0.2) is 26.9 Å². The smallest absolute Gasteiger partial charge is 0.223 e. The Morgan fingerprint density at radius 2 is 2.07 bits per heavy atom. The van der Waals surface area contributed by atoms with Gasteiger partial charge in [0.25, 0.3) is 0 Å². The van der Waals surface area contributed by atoms with Crippen molar-refractivity contribution in [1.82, 2.24) is 15.0 Å². The molecule has 8 heteroatoms. The number of nitrogens with two attached hydrogens (primary N) is 2. The summed E-state index contributed by atoms with van der Waals surface area (Å²) in [7, 11) is 0. The number of hydroxylamine groups is 2. The standard InChI is InChI=1S/C6H10N6O.ClH/c7-4-3-1-12(13)2-9-5(3)11-6(8)10-4;/h13H,1-2H2,(H5,7,8,9,10,11);1H. The molecule has 0 amide bonds. The molecule has 0 spiro atoms. The van der Waals surface area contributed by atoms with E-state index in [0.717, 1.165) is 5.06 Å². The van der Waals surface area contributed by atoms with E-state index in [1.165, 1.54) is 0 Å². The average molecular weight is 219 g/mol. The van der Waals surface area contributed by atoms with Crippen molar-refractivity contribution in [2.24, 2.45) is 0 Å². The number of rotatable bonds is 0. The predicted molar refractivity (Wildman–Crippen MR) is 53.9 cm³/mol. The lowest BCUT2D eigenvalue weighted by Gasteiger charge is -2.24. The van der Waals surface area contributed by atoms with Crippen molar-refractivity contribution >= 4 is 30.0 Å². The topological polar surface area (TPSA) is 113 Å². The Labute approximate surface area is 86.5 Å². The zero-order valence-electron chi connectivity index (χ0n) is 7.27. The lowest BCUT2D eigenvalue weighted by atomic mass is 10.2. The first-order valence-electron chi connectivity index (χ1n) is 3.76. The normalized spacial score (nSPS) is 15.2. The van der Waals surface area contributed by atoms with Gasteiger partial charge in [-0.15, -0.1) is 12.4 Å². The molecule has 0 unspecified atom stereocenters. The van der Waals surface area contributed by atoms with Crippen molar-refractivity contribution in [3.8, 4) is 0 Å². The van der Waals surface area contributed by atoms with Crippen molar-refractivity contribution in [2.45, 2.75) is 6.54 Å². The molecule has 78 valence electrons. The highest BCUT2D eigenvalue weighted by molar-refractivity contribution is 5.85. The summed E-state index contributed by atoms with van der Waals surface area (Å²) < 4.78 is 0. The summed E-state index contributed by atoms with van der Waals surface area (Å²) in [5.74, 6) is 1.03. The maximum Gasteiger partial charge on any atom is 0.223 e. The molecular weight excluding hydrogens is 208 g/mol. The van der Waals surface area contributed by atoms with Gasteiger partial charge in [-0.05, 0) is 0 Å². The zero-order valence-corrected chi connectivity index (χ0v) is 8.08. The number of nitrogens with one attached hydrogen (secondary N) is 1. The molecule has 0 saturated carbocycles. The van der Waals surface area contributed by atoms with Gasteiger partial charge in [-0.3, -0.25) is 0 Å². The first-order chi connectivity index (χ1) is 6.16. The van der Waals surface area contributed by atoms with Gasteiger partial charge in [-0.25, -0.2) is 0 Å². The Hall–Kier alpha value is -1.31. The van der Waals surface area contributed by atoms with Gasteiger partial charge >= 0.3 is 0 Å². The molecule has 0 bridgehead atoms. The molecule has 0 fully saturated rings. The minimum atomic E-state index is 0. The lowest BCUT2D eigenvalue weighted by molar-refractivity contribution is -0.0957. The Balaban J connectivity index is 0.000000980. The van der Waals surface area contributed by atoms with Gasteiger partial charge in [-0.2, -0.15) is 15.0 Å². The van der Waals surface area contributed by atoms with E-state index in [9.17, 15) is 5.21 Å². The van der Waals surface area contributed by atoms with Gasteiger partial charge < -0.3 is 22.0 Å². The van der Waals surface area contributed by atoms with Crippen molar-refractivity contribution in [1.29, 1.82) is 0 Å². The SMILES string of the molecule is Cl.Nc1nc(N)c2c(n1)NCN(O)C2. The van der Waals surface area contributed by atoms with E-state index in [1.54, 1.807) is 0 Å². The van der Waals surface area contributed by atoms with E-state index < -0.39 is 0 Å². The van der Waals surface area contributed by atoms with Crippen LogP contribution in [0.3, 0.4) is 0 Å². The molecule has 14 heavy (non-hydrogen) atoms. The van der Waals surface area contributed by atoms with E-state index in [4.69, 9.17) is 11.5 Å². The third-order valence-corrected chi connectivity index (χ3v) is 1.83. The monoisotopic (exact) mass is 218 g/mol. The number of anilines is 3. The van der Waals surface area contributed by atoms with Gasteiger partial charge in [0.15, 0.2) is 0 Å². The maximum absolute atomic E-state index is 9.18. The third-order valence-electron chi connectivity index (χ3n) is 1.83. The van der Waals surface area contributed by atoms with E-state index in [0.29, 0.717) is 30.4 Å². The summed E-state index contributed by atoms with van der Waals surface area (Å²) in [4.78, 5) is 7.73. The summed E-state index contributed by atoms with van der Waals surface area (Å²) in [6.45, 7) is 0.622. The van der Waals surface area contributed by atoms with E-state index >= 15 is 0 Å². The van der Waals surface area contributed by atoms with Crippen molar-refractivity contribution < 1.29 is 5.21 Å². The van der Waals surface area contributed by atoms with Crippen LogP contribution in [0.2, 0.25) is 0 Å². The molecule has 0 saturated heterocycles. The molecule has 1 aliphatic heterocycles. The van der Waals surface area contributed by atoms with Crippen LogP contribution in [0, 0.1) is 0 Å². The molecule has 1 aromatic rings. The van der Waals surface area contributed by atoms with Crippen LogP contribution < -0.4 is 16.8 Å². The Bertz CT molecular complexity index is 345. The van der Waals surface area contributed by atoms with Crippen LogP contribution in [0.25, 0.3) is 0 Å². The number of halogens is 1. The zero-order chi connectivity index (χ0) is 9.42. The van der Waals surface area contributed by atoms with Crippen LogP contribution in [0.5, 0.6) is 0 Å². The largest absolute Gasteiger partial charge is 0.383 e. The molecule has 0 aromatic carbocycles. The fourth-order valence-electron chi connectivity index (χ4n) is 1.23. The molecule has 6 N–H and O–H groups in total. The highest BCUT2D eigenvalue weighted by Crippen LogP contribution is 2.23. The Kier molecular flexibility index (Phi) is 2.94. The summed E-state index contributed by atoms with van der Waals surface area (Å²) in [6.07, 6.45) is 0. The van der Waals surface area contributed by atoms with Crippen LogP contribution >= 0.6 is 12.4 Å². The van der Waals surface area contributed by atoms with Crippen LogP contribution in [-0.2, 0) is 6.54 Å². The van der Waals surface area contributed by atoms with Gasteiger partial charge in [0.1, 0.15) is 11.6 Å². The lowest BCUT2D eigenvalue weighted by Crippen LogP contribution is -2.32. The molecule has 1 aromatic heterocycles. The highest BCUT2D eigenvalue weighted by Gasteiger charge is 2.18. The average Bonchev–Trinajstić information content (AvgIpc) is 2.06. The number of nitrogen functional groups attached to an aromatic ring is 2. The molecule has 2 heterocycles. The van der Waals surface area contributed by atoms with Gasteiger partial charge in [0, 0.05) is 0 Å². The summed E-state index contributed by atoms with van der Waals surface area (Å²) in [5.41, 5.74) is 11.7. The fraction of sp³-hybridized carbons (Fsp3) is 0.333. The summed E-state index contributed by atoms with van der Waals surface area (Å²) in [5, 5.41) is 13.1. The van der Waals surface area contributed by atoms with E-state index in [1.807, 2.05) is 0 Å². The second-order valence-electron chi connectivity index (χ2n) is 2.79. The first kappa shape index (κ1) is 10.8. The number of nitrogens with zero attached hydrogens (tertiary/aromatic N) is 3. The van der Waals surface area contributed by atoms with Gasteiger partial charge in [-0.1, -0.05) is 0 Å². The van der Waals surface area contributed by atoms with Crippen LogP contribution in [0.1, 0.15) is 5.56 Å². The van der Waals surface area contributed by atoms with E-state index in [-0.39, 0.29) is 18.4 Å². The summed E-state index contributed by atoms with van der Waals surface area (Å²) in [6, 6.07) is 0. The summed E-state index contributed by atoms with van der Waals surface area (Å²) >= 11 is 0. The minimum absolute atomic E-state index is 0. The quantitative estimate of drug-likeness (QED) is 0.470. The van der Waals surface area contributed by atoms with Gasteiger partial charge in [0.2, 0.25) is 5.95 Å². The molecule has 0 radical (unpaired) electrons. The Morgan fingerprint density at radius 1 is 1.36 bits per heavy atom. The first-order valence-corrected chi connectivity index (χ1v) is 3.76. The van der Waals surface area contributed by atoms with Crippen molar-refractivity contribution in [2.75, 3.05) is 23.5 Å². The van der Waals surface area contributed by atoms with Crippen LogP contribution in [0.4, 0.5) is 17.6 Å². The number of hydrogen-bond acceptors (Lipinski definition) is 7. The number of aromatic nitrogens is 2. The number of fused-ring (bicyclic) bond motifs is 1. The minimum Gasteiger partial charge on any atom is -0.383 e. The van der Waals surface area contributed by atoms with Crippen molar-refractivity contribution in [3.05, 3.63) is 5.56 Å². The molecule has 0 atom stereocenters. The molecular formula is C6H11ClN6O. The second kappa shape index (κ2) is 3.82. The highest BCUT2D eigenvalue weighted by atomic mass is 35.5. The van der Waals surface area contributed by atoms with Gasteiger partial charge in [0.05, 0.1) is 18.8 Å². The van der Waals surface area contributed by atoms with Crippen molar-refractivity contribution in [3.63, 3.8) is 0 Å². The third kappa shape index (κ3) is 1.79. The number of hydrogen-bond donors (Lipinski definition) is 4. The molecule has 7 nitrogen and oxygen atoms in total. The molecule has 1 aliphatic rings. The fourth-order valence-corrected chi connectivity index (χ4v) is 1.23. The predicted octanol–water partition coefficient (Wildman–Crippen LogP) is -0.363. The van der Waals surface area contributed by atoms with E-state index in [2.05, 4.69) is 15.3 Å². The molecule has 2 rings (SSSR count).